The van der Waals surface area contributed by atoms with Gasteiger partial charge in [-0.15, -0.1) is 0 Å². The van der Waals surface area contributed by atoms with Gasteiger partial charge < -0.3 is 14.4 Å². The molecule has 1 amide bonds. The van der Waals surface area contributed by atoms with E-state index in [0.717, 1.165) is 18.5 Å². The van der Waals surface area contributed by atoms with Gasteiger partial charge in [-0.05, 0) is 25.0 Å². The fourth-order valence-electron chi connectivity index (χ4n) is 3.67. The van der Waals surface area contributed by atoms with E-state index in [1.165, 1.54) is 6.20 Å². The smallest absolute Gasteiger partial charge is 0.244 e. The minimum absolute atomic E-state index is 0.00852. The van der Waals surface area contributed by atoms with E-state index in [9.17, 15) is 4.79 Å². The van der Waals surface area contributed by atoms with Crippen molar-refractivity contribution in [1.82, 2.24) is 19.7 Å². The Labute approximate surface area is 156 Å². The topological polar surface area (TPSA) is 69.5 Å². The van der Waals surface area contributed by atoms with Crippen LogP contribution in [0.25, 0.3) is 0 Å². The predicted molar refractivity (Wildman–Crippen MR) is 94.5 cm³/mol. The summed E-state index contributed by atoms with van der Waals surface area (Å²) in [5.41, 5.74) is 0.871. The number of fused-ring (bicyclic) bond motifs is 1. The molecule has 0 unspecified atom stereocenters. The van der Waals surface area contributed by atoms with Crippen molar-refractivity contribution >= 4 is 17.5 Å². The summed E-state index contributed by atoms with van der Waals surface area (Å²) in [4.78, 5) is 19.0. The van der Waals surface area contributed by atoms with Crippen molar-refractivity contribution in [1.29, 1.82) is 0 Å². The van der Waals surface area contributed by atoms with Crippen molar-refractivity contribution in [3.63, 3.8) is 0 Å². The van der Waals surface area contributed by atoms with E-state index in [1.54, 1.807) is 17.1 Å². The fourth-order valence-corrected chi connectivity index (χ4v) is 3.83. The lowest BCUT2D eigenvalue weighted by Crippen LogP contribution is -2.44. The van der Waals surface area contributed by atoms with Crippen molar-refractivity contribution in [2.24, 2.45) is 0 Å². The number of rotatable bonds is 5. The second kappa shape index (κ2) is 7.73. The van der Waals surface area contributed by atoms with Gasteiger partial charge in [-0.2, -0.15) is 5.10 Å². The summed E-state index contributed by atoms with van der Waals surface area (Å²) < 4.78 is 13.6. The fraction of sp³-hybridized carbons (Fsp3) is 0.500. The largest absolute Gasteiger partial charge is 0.373 e. The SMILES string of the molecule is O=C(Cn1cc(Cl)cn1)N1C[C@H](OCc2ccccn2)[C@H]2OCCC[C@H]21. The van der Waals surface area contributed by atoms with E-state index in [4.69, 9.17) is 21.1 Å². The van der Waals surface area contributed by atoms with Crippen LogP contribution in [0.15, 0.2) is 36.8 Å². The van der Waals surface area contributed by atoms with Crippen LogP contribution in [0.4, 0.5) is 0 Å². The van der Waals surface area contributed by atoms with Crippen LogP contribution in [0.3, 0.4) is 0 Å². The van der Waals surface area contributed by atoms with Crippen LogP contribution in [0.1, 0.15) is 18.5 Å². The Bertz CT molecular complexity index is 754. The average Bonchev–Trinajstić information content (AvgIpc) is 3.24. The number of carbonyl (C=O) groups excluding carboxylic acids is 1. The maximum absolute atomic E-state index is 12.8. The van der Waals surface area contributed by atoms with Gasteiger partial charge in [-0.3, -0.25) is 14.5 Å². The molecule has 0 aromatic carbocycles. The Hall–Kier alpha value is -1.96. The summed E-state index contributed by atoms with van der Waals surface area (Å²) in [6.45, 7) is 1.81. The molecule has 0 spiro atoms. The lowest BCUT2D eigenvalue weighted by atomic mass is 10.0. The molecule has 4 rings (SSSR count). The van der Waals surface area contributed by atoms with Gasteiger partial charge in [-0.25, -0.2) is 0 Å². The molecule has 2 aromatic heterocycles. The number of carbonyl (C=O) groups is 1. The molecule has 26 heavy (non-hydrogen) atoms. The standard InChI is InChI=1S/C18H21ClN4O3/c19-13-8-21-22(9-13)11-17(24)23-10-16(18-15(23)5-3-7-25-18)26-12-14-4-1-2-6-20-14/h1-2,4,6,8-9,15-16,18H,3,5,7,10-12H2/t15-,16+,18+/m1/s1. The number of hydrogen-bond acceptors (Lipinski definition) is 5. The highest BCUT2D eigenvalue weighted by atomic mass is 35.5. The van der Waals surface area contributed by atoms with E-state index >= 15 is 0 Å². The maximum atomic E-state index is 12.8. The molecule has 0 N–H and O–H groups in total. The van der Waals surface area contributed by atoms with Gasteiger partial charge >= 0.3 is 0 Å². The normalized spacial score (nSPS) is 25.3. The molecule has 0 aliphatic carbocycles. The second-order valence-electron chi connectivity index (χ2n) is 6.62. The van der Waals surface area contributed by atoms with E-state index in [-0.39, 0.29) is 30.7 Å². The van der Waals surface area contributed by atoms with E-state index in [2.05, 4.69) is 10.1 Å². The van der Waals surface area contributed by atoms with Gasteiger partial charge in [0.25, 0.3) is 0 Å². The monoisotopic (exact) mass is 376 g/mol. The summed E-state index contributed by atoms with van der Waals surface area (Å²) in [6.07, 6.45) is 6.58. The molecule has 0 radical (unpaired) electrons. The molecule has 4 heterocycles. The lowest BCUT2D eigenvalue weighted by Gasteiger charge is -2.32. The summed E-state index contributed by atoms with van der Waals surface area (Å²) in [5.74, 6) is 0.00852. The molecule has 0 saturated carbocycles. The molecule has 2 aliphatic heterocycles. The molecule has 8 heteroatoms. The first kappa shape index (κ1) is 17.5. The number of halogens is 1. The Kier molecular flexibility index (Phi) is 5.19. The Morgan fingerprint density at radius 2 is 2.35 bits per heavy atom. The third-order valence-electron chi connectivity index (χ3n) is 4.87. The Morgan fingerprint density at radius 3 is 3.12 bits per heavy atom. The average molecular weight is 377 g/mol. The zero-order valence-corrected chi connectivity index (χ0v) is 15.1. The molecule has 138 valence electrons. The van der Waals surface area contributed by atoms with Crippen molar-refractivity contribution in [3.8, 4) is 0 Å². The molecule has 2 fully saturated rings. The number of hydrogen-bond donors (Lipinski definition) is 0. The summed E-state index contributed by atoms with van der Waals surface area (Å²) in [6, 6.07) is 5.79. The van der Waals surface area contributed by atoms with Gasteiger partial charge in [-0.1, -0.05) is 17.7 Å². The zero-order chi connectivity index (χ0) is 17.9. The summed E-state index contributed by atoms with van der Waals surface area (Å²) in [5, 5.41) is 4.62. The number of likely N-dealkylation sites (tertiary alicyclic amines) is 1. The number of nitrogens with zero attached hydrogens (tertiary/aromatic N) is 4. The minimum Gasteiger partial charge on any atom is -0.373 e. The van der Waals surface area contributed by atoms with Crippen LogP contribution in [-0.2, 0) is 27.4 Å². The van der Waals surface area contributed by atoms with Gasteiger partial charge in [0.2, 0.25) is 5.91 Å². The third-order valence-corrected chi connectivity index (χ3v) is 5.06. The van der Waals surface area contributed by atoms with Crippen LogP contribution in [0.5, 0.6) is 0 Å². The first-order chi connectivity index (χ1) is 12.7. The minimum atomic E-state index is -0.146. The molecule has 7 nitrogen and oxygen atoms in total. The predicted octanol–water partition coefficient (Wildman–Crippen LogP) is 1.91. The Morgan fingerprint density at radius 1 is 1.42 bits per heavy atom. The van der Waals surface area contributed by atoms with E-state index in [1.807, 2.05) is 23.1 Å². The highest BCUT2D eigenvalue weighted by molar-refractivity contribution is 6.30. The zero-order valence-electron chi connectivity index (χ0n) is 14.3. The summed E-state index contributed by atoms with van der Waals surface area (Å²) >= 11 is 5.88. The Balaban J connectivity index is 1.43. The second-order valence-corrected chi connectivity index (χ2v) is 7.05. The molecule has 2 aromatic rings. The van der Waals surface area contributed by atoms with Crippen LogP contribution in [0.2, 0.25) is 5.02 Å². The van der Waals surface area contributed by atoms with E-state index in [0.29, 0.717) is 24.8 Å². The first-order valence-corrected chi connectivity index (χ1v) is 9.19. The molecule has 3 atom stereocenters. The van der Waals surface area contributed by atoms with Crippen molar-refractivity contribution in [3.05, 3.63) is 47.5 Å². The number of aromatic nitrogens is 3. The highest BCUT2D eigenvalue weighted by Gasteiger charge is 2.46. The molecular formula is C18H21ClN4O3. The number of amides is 1. The third kappa shape index (κ3) is 3.75. The quantitative estimate of drug-likeness (QED) is 0.797. The van der Waals surface area contributed by atoms with Gasteiger partial charge in [0, 0.05) is 25.5 Å². The number of pyridine rings is 1. The van der Waals surface area contributed by atoms with Crippen LogP contribution in [-0.4, -0.2) is 57.0 Å². The van der Waals surface area contributed by atoms with Crippen molar-refractivity contribution in [2.45, 2.75) is 44.2 Å². The van der Waals surface area contributed by atoms with E-state index < -0.39 is 0 Å². The first-order valence-electron chi connectivity index (χ1n) is 8.81. The van der Waals surface area contributed by atoms with Crippen LogP contribution >= 0.6 is 11.6 Å². The molecular weight excluding hydrogens is 356 g/mol. The maximum Gasteiger partial charge on any atom is 0.244 e. The van der Waals surface area contributed by atoms with Gasteiger partial charge in [0.15, 0.2) is 0 Å². The molecule has 2 aliphatic rings. The highest BCUT2D eigenvalue weighted by Crippen LogP contribution is 2.31. The summed E-state index contributed by atoms with van der Waals surface area (Å²) in [7, 11) is 0. The van der Waals surface area contributed by atoms with Gasteiger partial charge in [0.1, 0.15) is 18.8 Å². The number of ether oxygens (including phenoxy) is 2. The molecule has 2 saturated heterocycles. The van der Waals surface area contributed by atoms with Crippen LogP contribution in [0, 0.1) is 0 Å². The van der Waals surface area contributed by atoms with Crippen LogP contribution < -0.4 is 0 Å². The lowest BCUT2D eigenvalue weighted by molar-refractivity contribution is -0.135. The van der Waals surface area contributed by atoms with Gasteiger partial charge in [0.05, 0.1) is 29.6 Å². The van der Waals surface area contributed by atoms with Crippen molar-refractivity contribution < 1.29 is 14.3 Å². The van der Waals surface area contributed by atoms with Crippen molar-refractivity contribution in [2.75, 3.05) is 13.2 Å². The molecule has 0 bridgehead atoms.